The van der Waals surface area contributed by atoms with E-state index < -0.39 is 20.9 Å². The van der Waals surface area contributed by atoms with E-state index in [0.717, 1.165) is 5.56 Å². The summed E-state index contributed by atoms with van der Waals surface area (Å²) in [6.45, 7) is 2.84. The molecule has 2 N–H and O–H groups in total. The minimum absolute atomic E-state index is 0.101. The van der Waals surface area contributed by atoms with E-state index in [1.54, 1.807) is 23.1 Å². The minimum Gasteiger partial charge on any atom is -0.494 e. The second-order valence-electron chi connectivity index (χ2n) is 9.56. The van der Waals surface area contributed by atoms with E-state index in [9.17, 15) is 22.8 Å². The number of nitrogens with one attached hydrogen (secondary N) is 2. The van der Waals surface area contributed by atoms with Gasteiger partial charge in [-0.05, 0) is 30.5 Å². The number of hydrogen-bond donors (Lipinski definition) is 2. The van der Waals surface area contributed by atoms with Crippen LogP contribution in [0.3, 0.4) is 0 Å². The summed E-state index contributed by atoms with van der Waals surface area (Å²) < 4.78 is 31.5. The van der Waals surface area contributed by atoms with Crippen LogP contribution in [0.2, 0.25) is 0 Å². The molecule has 0 saturated carbocycles. The summed E-state index contributed by atoms with van der Waals surface area (Å²) in [5.41, 5.74) is 0.735. The predicted octanol–water partition coefficient (Wildman–Crippen LogP) is 2.46. The van der Waals surface area contributed by atoms with Gasteiger partial charge in [-0.3, -0.25) is 14.4 Å². The molecule has 0 spiro atoms. The molecule has 2 aliphatic rings. The summed E-state index contributed by atoms with van der Waals surface area (Å²) in [5.74, 6) is 0.0603. The molecule has 3 aromatic carbocycles. The van der Waals surface area contributed by atoms with Crippen LogP contribution in [-0.2, 0) is 10.0 Å². The summed E-state index contributed by atoms with van der Waals surface area (Å²) in [4.78, 5) is 40.1. The zero-order valence-corrected chi connectivity index (χ0v) is 22.1. The summed E-state index contributed by atoms with van der Waals surface area (Å²) in [5, 5.41) is 6.22. The van der Waals surface area contributed by atoms with Gasteiger partial charge in [0.05, 0.1) is 30.2 Å². The standard InChI is InChI=1S/C27H30N4O6S/c1-3-20(17-8-5-4-6-9-17)28-22-23(25(33)24(22)32)29-21-11-7-10-19(26(21)37-2)27(34)30-13-14-31-18(16-30)12-15-38(31,35)36/h4-11,18,20,28-29H,3,12-16H2,1-2H3/t18?,20-/m1/s1. The average Bonchev–Trinajstić information content (AvgIpc) is 3.25. The predicted molar refractivity (Wildman–Crippen MR) is 146 cm³/mol. The fraction of sp³-hybridized carbons (Fsp3) is 0.370. The SMILES string of the molecule is CC[C@@H](Nc1c(Nc2cccc(C(=O)N3CCN4C(CCS4(=O)=O)C3)c2OC)c(=O)c1=O)c1ccccc1. The summed E-state index contributed by atoms with van der Waals surface area (Å²) >= 11 is 0. The van der Waals surface area contributed by atoms with Gasteiger partial charge in [0.15, 0.2) is 5.75 Å². The van der Waals surface area contributed by atoms with E-state index in [4.69, 9.17) is 4.74 Å². The van der Waals surface area contributed by atoms with Crippen molar-refractivity contribution in [1.82, 2.24) is 9.21 Å². The molecule has 2 fully saturated rings. The number of carbonyl (C=O) groups excluding carboxylic acids is 1. The number of rotatable bonds is 8. The van der Waals surface area contributed by atoms with Gasteiger partial charge in [0, 0.05) is 25.7 Å². The van der Waals surface area contributed by atoms with Crippen molar-refractivity contribution >= 4 is 33.0 Å². The highest BCUT2D eigenvalue weighted by Crippen LogP contribution is 2.35. The number of anilines is 3. The summed E-state index contributed by atoms with van der Waals surface area (Å²) in [7, 11) is -1.81. The number of sulfonamides is 1. The first-order chi connectivity index (χ1) is 18.2. The Labute approximate surface area is 221 Å². The van der Waals surface area contributed by atoms with Gasteiger partial charge in [-0.15, -0.1) is 0 Å². The lowest BCUT2D eigenvalue weighted by atomic mass is 10.0. The van der Waals surface area contributed by atoms with Crippen LogP contribution in [-0.4, -0.2) is 62.1 Å². The molecule has 1 amide bonds. The molecule has 2 aliphatic heterocycles. The third-order valence-electron chi connectivity index (χ3n) is 7.33. The first kappa shape index (κ1) is 25.9. The fourth-order valence-corrected chi connectivity index (χ4v) is 7.08. The Morgan fingerprint density at radius 1 is 1.05 bits per heavy atom. The molecule has 2 atom stereocenters. The van der Waals surface area contributed by atoms with Gasteiger partial charge in [0.25, 0.3) is 16.8 Å². The van der Waals surface area contributed by atoms with Gasteiger partial charge in [0.2, 0.25) is 10.0 Å². The Morgan fingerprint density at radius 3 is 2.50 bits per heavy atom. The number of piperazine rings is 1. The fourth-order valence-electron chi connectivity index (χ4n) is 5.28. The molecule has 38 heavy (non-hydrogen) atoms. The van der Waals surface area contributed by atoms with Crippen LogP contribution < -0.4 is 26.2 Å². The normalized spacial score (nSPS) is 19.6. The van der Waals surface area contributed by atoms with Crippen LogP contribution in [0, 0.1) is 0 Å². The molecule has 2 heterocycles. The summed E-state index contributed by atoms with van der Waals surface area (Å²) in [6.07, 6.45) is 1.19. The minimum atomic E-state index is -3.24. The molecule has 200 valence electrons. The topological polar surface area (TPSA) is 125 Å². The molecule has 10 nitrogen and oxygen atoms in total. The molecule has 11 heteroatoms. The quantitative estimate of drug-likeness (QED) is 0.419. The Bertz CT molecular complexity index is 1530. The molecular weight excluding hydrogens is 508 g/mol. The van der Waals surface area contributed by atoms with Crippen molar-refractivity contribution in [2.45, 2.75) is 31.8 Å². The highest BCUT2D eigenvalue weighted by Gasteiger charge is 2.42. The largest absolute Gasteiger partial charge is 0.494 e. The van der Waals surface area contributed by atoms with Crippen molar-refractivity contribution < 1.29 is 17.9 Å². The van der Waals surface area contributed by atoms with E-state index in [0.29, 0.717) is 25.1 Å². The van der Waals surface area contributed by atoms with E-state index >= 15 is 0 Å². The first-order valence-corrected chi connectivity index (χ1v) is 14.2. The molecule has 0 aromatic heterocycles. The zero-order valence-electron chi connectivity index (χ0n) is 21.3. The van der Waals surface area contributed by atoms with Crippen LogP contribution in [0.5, 0.6) is 5.75 Å². The molecule has 0 radical (unpaired) electrons. The van der Waals surface area contributed by atoms with Crippen molar-refractivity contribution in [1.29, 1.82) is 0 Å². The highest BCUT2D eigenvalue weighted by molar-refractivity contribution is 7.89. The second-order valence-corrected chi connectivity index (χ2v) is 11.6. The number of nitrogens with zero attached hydrogens (tertiary/aromatic N) is 2. The number of methoxy groups -OCH3 is 1. The number of hydrogen-bond acceptors (Lipinski definition) is 8. The lowest BCUT2D eigenvalue weighted by Crippen LogP contribution is -2.53. The molecule has 0 bridgehead atoms. The molecule has 0 aliphatic carbocycles. The molecule has 2 saturated heterocycles. The molecule has 3 aromatic rings. The van der Waals surface area contributed by atoms with Gasteiger partial charge in [-0.1, -0.05) is 43.3 Å². The van der Waals surface area contributed by atoms with Crippen molar-refractivity contribution in [3.63, 3.8) is 0 Å². The lowest BCUT2D eigenvalue weighted by molar-refractivity contribution is 0.0638. The van der Waals surface area contributed by atoms with Crippen molar-refractivity contribution in [3.05, 3.63) is 80.1 Å². The van der Waals surface area contributed by atoms with E-state index in [1.165, 1.54) is 11.4 Å². The maximum Gasteiger partial charge on any atom is 0.257 e. The highest BCUT2D eigenvalue weighted by atomic mass is 32.2. The Hall–Kier alpha value is -3.70. The average molecular weight is 539 g/mol. The second kappa shape index (κ2) is 10.2. The number of carbonyl (C=O) groups is 1. The van der Waals surface area contributed by atoms with Crippen molar-refractivity contribution in [2.75, 3.05) is 43.1 Å². The maximum atomic E-state index is 13.5. The van der Waals surface area contributed by atoms with Crippen molar-refractivity contribution in [3.8, 4) is 5.75 Å². The molecular formula is C27H30N4O6S. The van der Waals surface area contributed by atoms with E-state index in [1.807, 2.05) is 37.3 Å². The Balaban J connectivity index is 1.38. The number of benzene rings is 2. The number of fused-ring (bicyclic) bond motifs is 1. The van der Waals surface area contributed by atoms with Crippen LogP contribution in [0.1, 0.15) is 41.7 Å². The van der Waals surface area contributed by atoms with Gasteiger partial charge in [0.1, 0.15) is 11.4 Å². The van der Waals surface area contributed by atoms with Crippen LogP contribution in [0.15, 0.2) is 58.1 Å². The van der Waals surface area contributed by atoms with Crippen LogP contribution >= 0.6 is 0 Å². The number of amides is 1. The van der Waals surface area contributed by atoms with Gasteiger partial charge < -0.3 is 20.3 Å². The smallest absolute Gasteiger partial charge is 0.257 e. The summed E-state index contributed by atoms with van der Waals surface area (Å²) in [6, 6.07) is 14.3. The van der Waals surface area contributed by atoms with Crippen molar-refractivity contribution in [2.24, 2.45) is 0 Å². The van der Waals surface area contributed by atoms with E-state index in [2.05, 4.69) is 10.6 Å². The lowest BCUT2D eigenvalue weighted by Gasteiger charge is -2.36. The van der Waals surface area contributed by atoms with Gasteiger partial charge in [-0.25, -0.2) is 8.42 Å². The number of ether oxygens (including phenoxy) is 1. The number of para-hydroxylation sites is 1. The zero-order chi connectivity index (χ0) is 27.0. The van der Waals surface area contributed by atoms with Gasteiger partial charge >= 0.3 is 0 Å². The maximum absolute atomic E-state index is 13.5. The Kier molecular flexibility index (Phi) is 6.97. The third-order valence-corrected chi connectivity index (χ3v) is 9.28. The van der Waals surface area contributed by atoms with Crippen LogP contribution in [0.25, 0.3) is 0 Å². The first-order valence-electron chi connectivity index (χ1n) is 12.6. The van der Waals surface area contributed by atoms with Crippen LogP contribution in [0.4, 0.5) is 17.1 Å². The van der Waals surface area contributed by atoms with Gasteiger partial charge in [-0.2, -0.15) is 4.31 Å². The van der Waals surface area contributed by atoms with E-state index in [-0.39, 0.29) is 59.5 Å². The molecule has 1 unspecified atom stereocenters. The third kappa shape index (κ3) is 4.56. The molecule has 5 rings (SSSR count). The Morgan fingerprint density at radius 2 is 1.79 bits per heavy atom. The monoisotopic (exact) mass is 538 g/mol.